The van der Waals surface area contributed by atoms with Gasteiger partial charge in [-0.2, -0.15) is 0 Å². The molecule has 0 spiro atoms. The summed E-state index contributed by atoms with van der Waals surface area (Å²) in [7, 11) is 0.597. The third-order valence-corrected chi connectivity index (χ3v) is 1.07. The van der Waals surface area contributed by atoms with Crippen LogP contribution in [0.15, 0.2) is 0 Å². The van der Waals surface area contributed by atoms with Gasteiger partial charge >= 0.3 is 6.03 Å². The molecular formula is C2H4N2O2S2. The van der Waals surface area contributed by atoms with Gasteiger partial charge in [0.25, 0.3) is 5.24 Å². The van der Waals surface area contributed by atoms with E-state index in [-0.39, 0.29) is 0 Å². The Labute approximate surface area is 55.0 Å². The van der Waals surface area contributed by atoms with E-state index in [9.17, 15) is 9.59 Å². The fraction of sp³-hybridized carbons (Fsp3) is 0. The van der Waals surface area contributed by atoms with E-state index in [4.69, 9.17) is 0 Å². The number of primary amides is 1. The van der Waals surface area contributed by atoms with Crippen molar-refractivity contribution in [2.24, 2.45) is 5.73 Å². The minimum Gasteiger partial charge on any atom is -0.351 e. The van der Waals surface area contributed by atoms with E-state index in [1.807, 2.05) is 0 Å². The molecular weight excluding hydrogens is 148 g/mol. The number of carbonyl (C=O) groups is 2. The number of nitrogens with one attached hydrogen (secondary N) is 1. The number of carbonyl (C=O) groups excluding carboxylic acids is 2. The van der Waals surface area contributed by atoms with E-state index in [0.29, 0.717) is 10.8 Å². The van der Waals surface area contributed by atoms with Crippen molar-refractivity contribution in [3.63, 3.8) is 0 Å². The molecule has 46 valence electrons. The summed E-state index contributed by atoms with van der Waals surface area (Å²) < 4.78 is 0. The maximum absolute atomic E-state index is 10.1. The van der Waals surface area contributed by atoms with E-state index in [1.54, 1.807) is 5.32 Å². The Balaban J connectivity index is 3.40. The van der Waals surface area contributed by atoms with Gasteiger partial charge in [-0.3, -0.25) is 10.1 Å². The number of imide groups is 1. The number of hydrogen-bond donors (Lipinski definition) is 3. The van der Waals surface area contributed by atoms with Crippen LogP contribution in [0.1, 0.15) is 0 Å². The van der Waals surface area contributed by atoms with E-state index < -0.39 is 11.3 Å². The van der Waals surface area contributed by atoms with Crippen LogP contribution in [0.3, 0.4) is 0 Å². The number of thiol groups is 1. The fourth-order valence-electron chi connectivity index (χ4n) is 0.123. The van der Waals surface area contributed by atoms with Crippen molar-refractivity contribution in [3.8, 4) is 0 Å². The van der Waals surface area contributed by atoms with Gasteiger partial charge in [0.2, 0.25) is 0 Å². The van der Waals surface area contributed by atoms with Crippen LogP contribution < -0.4 is 11.1 Å². The lowest BCUT2D eigenvalue weighted by atomic mass is 11.0. The standard InChI is InChI=1S/C2H4N2O2S2/c3-1(5)4-2(6)8-7/h7H,(H3,3,4,5,6). The third kappa shape index (κ3) is 3.82. The highest BCUT2D eigenvalue weighted by atomic mass is 33.1. The van der Waals surface area contributed by atoms with Gasteiger partial charge in [-0.05, 0) is 0 Å². The first-order valence-corrected chi connectivity index (χ1v) is 3.45. The van der Waals surface area contributed by atoms with Crippen LogP contribution in [0.5, 0.6) is 0 Å². The van der Waals surface area contributed by atoms with Gasteiger partial charge in [0.15, 0.2) is 0 Å². The summed E-state index contributed by atoms with van der Waals surface area (Å²) in [5, 5.41) is 1.21. The molecule has 0 aromatic heterocycles. The first-order valence-electron chi connectivity index (χ1n) is 1.58. The molecule has 3 amide bonds. The average molecular weight is 152 g/mol. The summed E-state index contributed by atoms with van der Waals surface area (Å²) in [6.07, 6.45) is 0. The molecule has 6 heteroatoms. The first kappa shape index (κ1) is 7.64. The summed E-state index contributed by atoms with van der Waals surface area (Å²) in [5.74, 6) is 0. The lowest BCUT2D eigenvalue weighted by Gasteiger charge is -1.91. The van der Waals surface area contributed by atoms with Crippen LogP contribution >= 0.6 is 22.5 Å². The molecule has 0 unspecified atom stereocenters. The van der Waals surface area contributed by atoms with Crippen LogP contribution in [0.4, 0.5) is 9.59 Å². The fourth-order valence-corrected chi connectivity index (χ4v) is 0.407. The Hall–Kier alpha value is -0.360. The molecule has 0 heterocycles. The zero-order chi connectivity index (χ0) is 6.57. The summed E-state index contributed by atoms with van der Waals surface area (Å²) >= 11 is 3.49. The van der Waals surface area contributed by atoms with Crippen LogP contribution in [0.2, 0.25) is 0 Å². The van der Waals surface area contributed by atoms with Crippen molar-refractivity contribution < 1.29 is 9.59 Å². The Morgan fingerprint density at radius 1 is 1.62 bits per heavy atom. The molecule has 0 aliphatic carbocycles. The zero-order valence-electron chi connectivity index (χ0n) is 3.75. The van der Waals surface area contributed by atoms with Gasteiger partial charge in [0.05, 0.1) is 0 Å². The molecule has 4 nitrogen and oxygen atoms in total. The predicted octanol–water partition coefficient (Wildman–Crippen LogP) is 0.353. The van der Waals surface area contributed by atoms with E-state index in [0.717, 1.165) is 0 Å². The van der Waals surface area contributed by atoms with Crippen molar-refractivity contribution in [2.45, 2.75) is 0 Å². The molecule has 8 heavy (non-hydrogen) atoms. The molecule has 0 aliphatic rings. The second-order valence-corrected chi connectivity index (χ2v) is 1.97. The molecule has 0 bridgehead atoms. The molecule has 0 saturated carbocycles. The summed E-state index contributed by atoms with van der Waals surface area (Å²) in [6, 6.07) is -0.864. The van der Waals surface area contributed by atoms with Crippen molar-refractivity contribution in [2.75, 3.05) is 0 Å². The lowest BCUT2D eigenvalue weighted by Crippen LogP contribution is -2.31. The predicted molar refractivity (Wildman–Crippen MR) is 34.7 cm³/mol. The molecule has 0 saturated heterocycles. The topological polar surface area (TPSA) is 72.2 Å². The summed E-state index contributed by atoms with van der Waals surface area (Å²) in [5.41, 5.74) is 4.55. The third-order valence-electron chi connectivity index (χ3n) is 0.308. The van der Waals surface area contributed by atoms with E-state index >= 15 is 0 Å². The quantitative estimate of drug-likeness (QED) is 0.346. The normalized spacial score (nSPS) is 8.12. The van der Waals surface area contributed by atoms with Gasteiger partial charge in [0, 0.05) is 10.8 Å². The Bertz CT molecular complexity index is 115. The van der Waals surface area contributed by atoms with Crippen molar-refractivity contribution in [3.05, 3.63) is 0 Å². The molecule has 0 aromatic carbocycles. The van der Waals surface area contributed by atoms with Crippen molar-refractivity contribution in [1.29, 1.82) is 0 Å². The zero-order valence-corrected chi connectivity index (χ0v) is 5.46. The first-order chi connectivity index (χ1) is 3.66. The van der Waals surface area contributed by atoms with E-state index in [1.165, 1.54) is 0 Å². The van der Waals surface area contributed by atoms with Gasteiger partial charge in [-0.25, -0.2) is 4.79 Å². The second-order valence-electron chi connectivity index (χ2n) is 0.868. The highest BCUT2D eigenvalue weighted by molar-refractivity contribution is 8.74. The van der Waals surface area contributed by atoms with Crippen LogP contribution in [-0.2, 0) is 0 Å². The van der Waals surface area contributed by atoms with E-state index in [2.05, 4.69) is 17.4 Å². The Morgan fingerprint density at radius 3 is 2.25 bits per heavy atom. The largest absolute Gasteiger partial charge is 0.351 e. The van der Waals surface area contributed by atoms with Gasteiger partial charge in [0.1, 0.15) is 0 Å². The van der Waals surface area contributed by atoms with Crippen molar-refractivity contribution >= 4 is 33.7 Å². The monoisotopic (exact) mass is 152 g/mol. The highest BCUT2D eigenvalue weighted by Gasteiger charge is 1.98. The van der Waals surface area contributed by atoms with Crippen molar-refractivity contribution in [1.82, 2.24) is 5.32 Å². The number of amides is 3. The number of nitrogens with two attached hydrogens (primary N) is 1. The maximum Gasteiger partial charge on any atom is 0.319 e. The number of urea groups is 1. The minimum absolute atomic E-state index is 0.569. The molecule has 0 fully saturated rings. The smallest absolute Gasteiger partial charge is 0.319 e. The Kier molecular flexibility index (Phi) is 3.46. The maximum atomic E-state index is 10.1. The Morgan fingerprint density at radius 2 is 2.12 bits per heavy atom. The highest BCUT2D eigenvalue weighted by Crippen LogP contribution is 2.03. The van der Waals surface area contributed by atoms with Crippen LogP contribution in [0.25, 0.3) is 0 Å². The molecule has 0 radical (unpaired) electrons. The number of rotatable bonds is 0. The molecule has 3 N–H and O–H groups in total. The van der Waals surface area contributed by atoms with Gasteiger partial charge in [-0.15, -0.1) is 11.7 Å². The van der Waals surface area contributed by atoms with Crippen LogP contribution in [-0.4, -0.2) is 11.3 Å². The average Bonchev–Trinajstić information content (AvgIpc) is 1.65. The SMILES string of the molecule is NC(=O)NC(=O)SS. The van der Waals surface area contributed by atoms with Gasteiger partial charge < -0.3 is 5.73 Å². The molecule has 0 aliphatic heterocycles. The lowest BCUT2D eigenvalue weighted by molar-refractivity contribution is 0.242. The minimum atomic E-state index is -0.864. The number of hydrogen-bond acceptors (Lipinski definition) is 4. The molecule has 0 rings (SSSR count). The summed E-state index contributed by atoms with van der Waals surface area (Å²) in [6.45, 7) is 0. The van der Waals surface area contributed by atoms with Gasteiger partial charge in [-0.1, -0.05) is 0 Å². The van der Waals surface area contributed by atoms with Crippen LogP contribution in [0, 0.1) is 0 Å². The second kappa shape index (κ2) is 3.62. The summed E-state index contributed by atoms with van der Waals surface area (Å²) in [4.78, 5) is 19.9. The molecule has 0 atom stereocenters. The molecule has 0 aromatic rings.